The Kier molecular flexibility index (Phi) is 3.54. The van der Waals surface area contributed by atoms with Gasteiger partial charge in [-0.3, -0.25) is 4.90 Å². The van der Waals surface area contributed by atoms with E-state index in [-0.39, 0.29) is 0 Å². The van der Waals surface area contributed by atoms with Gasteiger partial charge in [0.2, 0.25) is 0 Å². The molecule has 0 bridgehead atoms. The van der Waals surface area contributed by atoms with E-state index in [1.165, 1.54) is 12.0 Å². The van der Waals surface area contributed by atoms with Crippen LogP contribution in [0.5, 0.6) is 0 Å². The van der Waals surface area contributed by atoms with E-state index in [1.807, 2.05) is 0 Å². The van der Waals surface area contributed by atoms with Gasteiger partial charge in [-0.2, -0.15) is 0 Å². The summed E-state index contributed by atoms with van der Waals surface area (Å²) in [5, 5.41) is 0. The van der Waals surface area contributed by atoms with E-state index in [9.17, 15) is 0 Å². The molecule has 68 valence electrons. The molecule has 12 heavy (non-hydrogen) atoms. The second-order valence-electron chi connectivity index (χ2n) is 3.33. The molecule has 0 amide bonds. The molecule has 0 aliphatic heterocycles. The maximum absolute atomic E-state index is 2.49. The second kappa shape index (κ2) is 4.46. The van der Waals surface area contributed by atoms with Gasteiger partial charge in [-0.25, -0.2) is 0 Å². The SMILES string of the molecule is CCN(CC)C1C=CC(C)=CC1. The van der Waals surface area contributed by atoms with Gasteiger partial charge in [0.15, 0.2) is 0 Å². The van der Waals surface area contributed by atoms with Gasteiger partial charge in [-0.1, -0.05) is 37.6 Å². The Labute approximate surface area is 75.8 Å². The topological polar surface area (TPSA) is 3.24 Å². The van der Waals surface area contributed by atoms with Crippen molar-refractivity contribution in [1.29, 1.82) is 0 Å². The highest BCUT2D eigenvalue weighted by Gasteiger charge is 2.12. The van der Waals surface area contributed by atoms with Gasteiger partial charge in [-0.05, 0) is 26.4 Å². The standard InChI is InChI=1S/C11H19N/c1-4-12(5-2)11-8-6-10(3)7-9-11/h6-8,11H,4-5,9H2,1-3H3. The Morgan fingerprint density at radius 3 is 2.50 bits per heavy atom. The number of hydrogen-bond donors (Lipinski definition) is 0. The molecule has 1 aliphatic rings. The average molecular weight is 165 g/mol. The van der Waals surface area contributed by atoms with E-state index in [2.05, 4.69) is 43.9 Å². The molecule has 0 saturated heterocycles. The van der Waals surface area contributed by atoms with E-state index in [0.29, 0.717) is 6.04 Å². The number of nitrogens with zero attached hydrogens (tertiary/aromatic N) is 1. The summed E-state index contributed by atoms with van der Waals surface area (Å²) in [6, 6.07) is 0.642. The number of likely N-dealkylation sites (N-methyl/N-ethyl adjacent to an activating group) is 1. The minimum absolute atomic E-state index is 0.642. The third-order valence-corrected chi connectivity index (χ3v) is 2.54. The lowest BCUT2D eigenvalue weighted by atomic mass is 10.0. The Hall–Kier alpha value is -0.560. The van der Waals surface area contributed by atoms with E-state index in [1.54, 1.807) is 0 Å². The molecule has 0 aromatic carbocycles. The fourth-order valence-corrected chi connectivity index (χ4v) is 1.68. The summed E-state index contributed by atoms with van der Waals surface area (Å²) in [5.74, 6) is 0. The smallest absolute Gasteiger partial charge is 0.0315 e. The monoisotopic (exact) mass is 165 g/mol. The highest BCUT2D eigenvalue weighted by molar-refractivity contribution is 5.23. The van der Waals surface area contributed by atoms with Crippen LogP contribution in [0, 0.1) is 0 Å². The average Bonchev–Trinajstić information content (AvgIpc) is 2.10. The van der Waals surface area contributed by atoms with Crippen molar-refractivity contribution >= 4 is 0 Å². The Morgan fingerprint density at radius 1 is 1.42 bits per heavy atom. The van der Waals surface area contributed by atoms with Gasteiger partial charge in [-0.15, -0.1) is 0 Å². The van der Waals surface area contributed by atoms with Crippen molar-refractivity contribution in [3.63, 3.8) is 0 Å². The van der Waals surface area contributed by atoms with Crippen molar-refractivity contribution in [2.45, 2.75) is 33.2 Å². The van der Waals surface area contributed by atoms with Crippen molar-refractivity contribution in [3.8, 4) is 0 Å². The third kappa shape index (κ3) is 2.21. The molecule has 0 N–H and O–H groups in total. The van der Waals surface area contributed by atoms with Crippen molar-refractivity contribution in [2.75, 3.05) is 13.1 Å². The van der Waals surface area contributed by atoms with Crippen LogP contribution in [0.25, 0.3) is 0 Å². The van der Waals surface area contributed by atoms with E-state index in [4.69, 9.17) is 0 Å². The molecule has 0 saturated carbocycles. The minimum atomic E-state index is 0.642. The van der Waals surface area contributed by atoms with Crippen LogP contribution < -0.4 is 0 Å². The summed E-state index contributed by atoms with van der Waals surface area (Å²) in [6.45, 7) is 8.91. The molecule has 0 spiro atoms. The largest absolute Gasteiger partial charge is 0.297 e. The maximum Gasteiger partial charge on any atom is 0.0315 e. The second-order valence-corrected chi connectivity index (χ2v) is 3.33. The zero-order valence-electron chi connectivity index (χ0n) is 8.38. The summed E-state index contributed by atoms with van der Waals surface area (Å²) < 4.78 is 0. The van der Waals surface area contributed by atoms with Crippen molar-refractivity contribution in [3.05, 3.63) is 23.8 Å². The first-order valence-electron chi connectivity index (χ1n) is 4.87. The molecule has 1 nitrogen and oxygen atoms in total. The summed E-state index contributed by atoms with van der Waals surface area (Å²) >= 11 is 0. The lowest BCUT2D eigenvalue weighted by Gasteiger charge is -2.28. The van der Waals surface area contributed by atoms with E-state index in [0.717, 1.165) is 13.1 Å². The van der Waals surface area contributed by atoms with Crippen LogP contribution in [0.2, 0.25) is 0 Å². The summed E-state index contributed by atoms with van der Waals surface area (Å²) in [7, 11) is 0. The van der Waals surface area contributed by atoms with E-state index < -0.39 is 0 Å². The predicted molar refractivity (Wildman–Crippen MR) is 54.2 cm³/mol. The Balaban J connectivity index is 2.51. The van der Waals surface area contributed by atoms with Crippen LogP contribution >= 0.6 is 0 Å². The normalized spacial score (nSPS) is 23.0. The zero-order valence-corrected chi connectivity index (χ0v) is 8.38. The van der Waals surface area contributed by atoms with Crippen molar-refractivity contribution in [1.82, 2.24) is 4.90 Å². The van der Waals surface area contributed by atoms with Gasteiger partial charge in [0.1, 0.15) is 0 Å². The number of hydrogen-bond acceptors (Lipinski definition) is 1. The molecule has 1 aliphatic carbocycles. The molecular weight excluding hydrogens is 146 g/mol. The van der Waals surface area contributed by atoms with Crippen molar-refractivity contribution < 1.29 is 0 Å². The first-order chi connectivity index (χ1) is 5.77. The van der Waals surface area contributed by atoms with Crippen LogP contribution in [0.15, 0.2) is 23.8 Å². The predicted octanol–water partition coefficient (Wildman–Crippen LogP) is 2.60. The van der Waals surface area contributed by atoms with Crippen LogP contribution in [0.4, 0.5) is 0 Å². The molecule has 1 heteroatoms. The first kappa shape index (κ1) is 9.53. The highest BCUT2D eigenvalue weighted by atomic mass is 15.1. The molecule has 0 radical (unpaired) electrons. The Morgan fingerprint density at radius 2 is 2.08 bits per heavy atom. The maximum atomic E-state index is 2.49. The third-order valence-electron chi connectivity index (χ3n) is 2.54. The Bertz CT molecular complexity index is 187. The lowest BCUT2D eigenvalue weighted by Crippen LogP contribution is -2.33. The van der Waals surface area contributed by atoms with Crippen LogP contribution in [-0.4, -0.2) is 24.0 Å². The van der Waals surface area contributed by atoms with Gasteiger partial charge < -0.3 is 0 Å². The van der Waals surface area contributed by atoms with Gasteiger partial charge >= 0.3 is 0 Å². The molecule has 1 unspecified atom stereocenters. The zero-order chi connectivity index (χ0) is 8.97. The number of allylic oxidation sites excluding steroid dienone is 2. The number of rotatable bonds is 3. The quantitative estimate of drug-likeness (QED) is 0.621. The molecule has 1 rings (SSSR count). The summed E-state index contributed by atoms with van der Waals surface area (Å²) in [5.41, 5.74) is 1.40. The van der Waals surface area contributed by atoms with Crippen LogP contribution in [0.3, 0.4) is 0 Å². The van der Waals surface area contributed by atoms with Gasteiger partial charge in [0.25, 0.3) is 0 Å². The minimum Gasteiger partial charge on any atom is -0.297 e. The van der Waals surface area contributed by atoms with Gasteiger partial charge in [0.05, 0.1) is 0 Å². The van der Waals surface area contributed by atoms with Crippen LogP contribution in [-0.2, 0) is 0 Å². The van der Waals surface area contributed by atoms with Crippen LogP contribution in [0.1, 0.15) is 27.2 Å². The molecule has 0 fully saturated rings. The fraction of sp³-hybridized carbons (Fsp3) is 0.636. The highest BCUT2D eigenvalue weighted by Crippen LogP contribution is 2.14. The molecule has 1 atom stereocenters. The summed E-state index contributed by atoms with van der Waals surface area (Å²) in [6.07, 6.45) is 8.06. The molecule has 0 heterocycles. The van der Waals surface area contributed by atoms with Crippen molar-refractivity contribution in [2.24, 2.45) is 0 Å². The lowest BCUT2D eigenvalue weighted by molar-refractivity contribution is 0.253. The molecule has 0 aromatic heterocycles. The molecule has 0 aromatic rings. The fourth-order valence-electron chi connectivity index (χ4n) is 1.68. The molecular formula is C11H19N. The van der Waals surface area contributed by atoms with Gasteiger partial charge in [0, 0.05) is 6.04 Å². The van der Waals surface area contributed by atoms with E-state index >= 15 is 0 Å². The first-order valence-corrected chi connectivity index (χ1v) is 4.87. The summed E-state index contributed by atoms with van der Waals surface area (Å²) in [4.78, 5) is 2.49.